The molecule has 7 heteroatoms. The van der Waals surface area contributed by atoms with Crippen LogP contribution in [0.3, 0.4) is 0 Å². The van der Waals surface area contributed by atoms with Crippen molar-refractivity contribution in [3.8, 4) is 11.3 Å². The zero-order valence-electron chi connectivity index (χ0n) is 17.4. The minimum atomic E-state index is -0.917. The molecule has 154 valence electrons. The number of nitrogens with zero attached hydrogens (tertiary/aromatic N) is 4. The van der Waals surface area contributed by atoms with E-state index in [1.165, 1.54) is 29.0 Å². The average Bonchev–Trinajstić information content (AvgIpc) is 3.45. The highest BCUT2D eigenvalue weighted by molar-refractivity contribution is 7.97. The van der Waals surface area contributed by atoms with Crippen LogP contribution in [0.5, 0.6) is 0 Å². The van der Waals surface area contributed by atoms with E-state index in [4.69, 9.17) is 0 Å². The van der Waals surface area contributed by atoms with Gasteiger partial charge in [-0.05, 0) is 81.1 Å². The van der Waals surface area contributed by atoms with E-state index in [9.17, 15) is 5.11 Å². The fourth-order valence-corrected chi connectivity index (χ4v) is 4.70. The zero-order chi connectivity index (χ0) is 20.9. The smallest absolute Gasteiger partial charge is 0.229 e. The van der Waals surface area contributed by atoms with Crippen molar-refractivity contribution in [1.29, 1.82) is 0 Å². The van der Waals surface area contributed by atoms with Crippen molar-refractivity contribution < 1.29 is 5.11 Å². The molecule has 1 aliphatic heterocycles. The minimum absolute atomic E-state index is 0.267. The molecule has 3 heterocycles. The number of rotatable bonds is 5. The molecule has 6 nitrogen and oxygen atoms in total. The van der Waals surface area contributed by atoms with Crippen LogP contribution in [0.1, 0.15) is 37.8 Å². The molecule has 0 radical (unpaired) electrons. The van der Waals surface area contributed by atoms with Gasteiger partial charge in [-0.15, -0.1) is 0 Å². The van der Waals surface area contributed by atoms with Gasteiger partial charge in [0.15, 0.2) is 0 Å². The summed E-state index contributed by atoms with van der Waals surface area (Å²) in [6.07, 6.45) is 7.80. The van der Waals surface area contributed by atoms with Gasteiger partial charge in [0.05, 0.1) is 11.3 Å². The Bertz CT molecular complexity index is 1090. The second kappa shape index (κ2) is 7.04. The van der Waals surface area contributed by atoms with E-state index in [0.717, 1.165) is 23.4 Å². The van der Waals surface area contributed by atoms with Crippen LogP contribution in [0.15, 0.2) is 53.8 Å². The molecular formula is C23H25N5OS. The van der Waals surface area contributed by atoms with Gasteiger partial charge in [0.1, 0.15) is 0 Å². The molecule has 0 unspecified atom stereocenters. The molecule has 2 aliphatic rings. The van der Waals surface area contributed by atoms with Crippen LogP contribution < -0.4 is 9.62 Å². The maximum Gasteiger partial charge on any atom is 0.229 e. The fraction of sp³-hybridized carbons (Fsp3) is 0.348. The molecule has 1 aromatic carbocycles. The monoisotopic (exact) mass is 419 g/mol. The van der Waals surface area contributed by atoms with Gasteiger partial charge in [-0.25, -0.2) is 9.97 Å². The van der Waals surface area contributed by atoms with Crippen molar-refractivity contribution in [2.24, 2.45) is 0 Å². The van der Waals surface area contributed by atoms with E-state index in [1.807, 2.05) is 31.6 Å². The minimum Gasteiger partial charge on any atom is -0.386 e. The van der Waals surface area contributed by atoms with E-state index in [1.54, 1.807) is 32.0 Å². The summed E-state index contributed by atoms with van der Waals surface area (Å²) in [5, 5.41) is 10.3. The Labute approximate surface area is 180 Å². The van der Waals surface area contributed by atoms with E-state index in [2.05, 4.69) is 42.8 Å². The van der Waals surface area contributed by atoms with Crippen LogP contribution in [0.25, 0.3) is 11.3 Å². The Morgan fingerprint density at radius 1 is 1.10 bits per heavy atom. The van der Waals surface area contributed by atoms with Crippen molar-refractivity contribution in [3.05, 3.63) is 60.0 Å². The molecule has 2 N–H and O–H groups in total. The number of benzene rings is 1. The van der Waals surface area contributed by atoms with Gasteiger partial charge in [-0.2, -0.15) is 0 Å². The Kier molecular flexibility index (Phi) is 4.57. The van der Waals surface area contributed by atoms with Crippen molar-refractivity contribution in [2.75, 3.05) is 18.5 Å². The predicted molar refractivity (Wildman–Crippen MR) is 120 cm³/mol. The van der Waals surface area contributed by atoms with Crippen LogP contribution in [0.4, 0.5) is 11.6 Å². The summed E-state index contributed by atoms with van der Waals surface area (Å²) >= 11 is 1.62. The first-order valence-electron chi connectivity index (χ1n) is 10.2. The number of fused-ring (bicyclic) bond motifs is 2. The summed E-state index contributed by atoms with van der Waals surface area (Å²) in [4.78, 5) is 17.2. The quantitative estimate of drug-likeness (QED) is 0.601. The highest BCUT2D eigenvalue weighted by Gasteiger charge is 2.52. The molecule has 0 amide bonds. The molecular weight excluding hydrogens is 394 g/mol. The molecule has 3 aromatic rings. The third-order valence-corrected chi connectivity index (χ3v) is 6.70. The Morgan fingerprint density at radius 3 is 2.53 bits per heavy atom. The largest absolute Gasteiger partial charge is 0.386 e. The average molecular weight is 420 g/mol. The summed E-state index contributed by atoms with van der Waals surface area (Å²) in [5.74, 6) is 0.717. The molecule has 0 saturated heterocycles. The number of nitrogens with one attached hydrogen (secondary N) is 1. The lowest BCUT2D eigenvalue weighted by atomic mass is 9.98. The molecule has 1 fully saturated rings. The topological polar surface area (TPSA) is 74.2 Å². The molecule has 0 atom stereocenters. The van der Waals surface area contributed by atoms with Gasteiger partial charge in [0, 0.05) is 46.7 Å². The first kappa shape index (κ1) is 19.5. The van der Waals surface area contributed by atoms with Crippen LogP contribution in [0, 0.1) is 0 Å². The molecule has 1 aliphatic carbocycles. The number of aliphatic hydroxyl groups is 1. The molecule has 30 heavy (non-hydrogen) atoms. The van der Waals surface area contributed by atoms with Crippen LogP contribution in [0.2, 0.25) is 0 Å². The number of aromatic nitrogens is 3. The molecule has 2 aromatic heterocycles. The van der Waals surface area contributed by atoms with Gasteiger partial charge in [-0.3, -0.25) is 9.71 Å². The SMILES string of the molecule is CNSc1ccc2c(c1)N(c1ncc(-c3cc(C(C)(C)O)ccn3)cn1)CC21CC1. The third kappa shape index (κ3) is 3.37. The first-order valence-corrected chi connectivity index (χ1v) is 11.0. The highest BCUT2D eigenvalue weighted by atomic mass is 32.2. The Morgan fingerprint density at radius 2 is 1.87 bits per heavy atom. The first-order chi connectivity index (χ1) is 14.4. The lowest BCUT2D eigenvalue weighted by Crippen LogP contribution is -2.21. The molecule has 5 rings (SSSR count). The summed E-state index contributed by atoms with van der Waals surface area (Å²) in [5.41, 5.74) is 4.38. The van der Waals surface area contributed by atoms with E-state index >= 15 is 0 Å². The zero-order valence-corrected chi connectivity index (χ0v) is 18.2. The van der Waals surface area contributed by atoms with Crippen LogP contribution in [-0.2, 0) is 11.0 Å². The molecule has 1 spiro atoms. The second-order valence-electron chi connectivity index (χ2n) is 8.61. The predicted octanol–water partition coefficient (Wildman–Crippen LogP) is 4.18. The Hall–Kier alpha value is -2.48. The van der Waals surface area contributed by atoms with Gasteiger partial charge in [0.25, 0.3) is 0 Å². The van der Waals surface area contributed by atoms with E-state index < -0.39 is 5.60 Å². The number of hydrogen-bond acceptors (Lipinski definition) is 7. The van der Waals surface area contributed by atoms with Crippen molar-refractivity contribution in [2.45, 2.75) is 42.6 Å². The van der Waals surface area contributed by atoms with E-state index in [0.29, 0.717) is 5.95 Å². The van der Waals surface area contributed by atoms with Crippen molar-refractivity contribution in [3.63, 3.8) is 0 Å². The maximum absolute atomic E-state index is 10.3. The lowest BCUT2D eigenvalue weighted by Gasteiger charge is -2.19. The third-order valence-electron chi connectivity index (χ3n) is 6.01. The van der Waals surface area contributed by atoms with Crippen molar-refractivity contribution in [1.82, 2.24) is 19.7 Å². The normalized spacial score (nSPS) is 16.7. The lowest BCUT2D eigenvalue weighted by molar-refractivity contribution is 0.0785. The summed E-state index contributed by atoms with van der Waals surface area (Å²) < 4.78 is 3.15. The van der Waals surface area contributed by atoms with Crippen molar-refractivity contribution >= 4 is 23.6 Å². The number of hydrogen-bond donors (Lipinski definition) is 2. The Balaban J connectivity index is 1.47. The highest BCUT2D eigenvalue weighted by Crippen LogP contribution is 2.58. The second-order valence-corrected chi connectivity index (χ2v) is 9.70. The maximum atomic E-state index is 10.3. The molecule has 1 saturated carbocycles. The van der Waals surface area contributed by atoms with Gasteiger partial charge in [-0.1, -0.05) is 6.07 Å². The van der Waals surface area contributed by atoms with Gasteiger partial charge in [0.2, 0.25) is 5.95 Å². The van der Waals surface area contributed by atoms with Crippen LogP contribution in [-0.4, -0.2) is 33.7 Å². The number of pyridine rings is 1. The summed E-state index contributed by atoms with van der Waals surface area (Å²) in [7, 11) is 1.93. The van der Waals surface area contributed by atoms with Gasteiger partial charge >= 0.3 is 0 Å². The fourth-order valence-electron chi connectivity index (χ4n) is 4.16. The summed E-state index contributed by atoms with van der Waals surface area (Å²) in [6, 6.07) is 10.4. The standard InChI is InChI=1S/C23H25N5OS/c1-22(2,29)16-6-9-25-19(10-16)15-12-26-21(27-13-15)28-14-23(7-8-23)18-5-4-17(30-24-3)11-20(18)28/h4-6,9-13,24,29H,7-8,14H2,1-3H3. The van der Waals surface area contributed by atoms with Crippen LogP contribution >= 0.6 is 11.9 Å². The molecule has 0 bridgehead atoms. The number of anilines is 2. The van der Waals surface area contributed by atoms with E-state index in [-0.39, 0.29) is 5.41 Å². The van der Waals surface area contributed by atoms with Gasteiger partial charge < -0.3 is 10.0 Å². The summed E-state index contributed by atoms with van der Waals surface area (Å²) in [6.45, 7) is 4.47.